The third-order valence-corrected chi connectivity index (χ3v) is 3.62. The molecule has 1 rings (SSSR count). The van der Waals surface area contributed by atoms with Crippen LogP contribution in [0.5, 0.6) is 0 Å². The largest absolute Gasteiger partial charge is 0.386 e. The minimum atomic E-state index is -3.31. The van der Waals surface area contributed by atoms with Gasteiger partial charge < -0.3 is 5.11 Å². The van der Waals surface area contributed by atoms with Crippen molar-refractivity contribution >= 4 is 21.4 Å². The van der Waals surface area contributed by atoms with Gasteiger partial charge in [0.25, 0.3) is 0 Å². The molecule has 1 N–H and O–H groups in total. The molecule has 0 atom stereocenters. The van der Waals surface area contributed by atoms with Crippen LogP contribution in [0.2, 0.25) is 5.02 Å². The number of benzene rings is 1. The first-order chi connectivity index (χ1) is 6.62. The molecule has 0 bridgehead atoms. The van der Waals surface area contributed by atoms with E-state index in [4.69, 9.17) is 11.6 Å². The predicted molar refractivity (Wildman–Crippen MR) is 59.8 cm³/mol. The molecule has 0 saturated heterocycles. The lowest BCUT2D eigenvalue weighted by Crippen LogP contribution is -2.15. The van der Waals surface area contributed by atoms with Gasteiger partial charge >= 0.3 is 0 Å². The van der Waals surface area contributed by atoms with Gasteiger partial charge in [0.2, 0.25) is 0 Å². The fourth-order valence-electron chi connectivity index (χ4n) is 1.18. The maximum atomic E-state index is 11.3. The van der Waals surface area contributed by atoms with Gasteiger partial charge in [0.1, 0.15) is 0 Å². The third kappa shape index (κ3) is 2.93. The normalized spacial score (nSPS) is 12.9. The van der Waals surface area contributed by atoms with Gasteiger partial charge in [-0.15, -0.1) is 0 Å². The number of hydrogen-bond donors (Lipinski definition) is 1. The quantitative estimate of drug-likeness (QED) is 0.871. The summed E-state index contributed by atoms with van der Waals surface area (Å²) in [4.78, 5) is 0.0807. The first-order valence-corrected chi connectivity index (χ1v) is 6.62. The molecule has 3 nitrogen and oxygen atoms in total. The molecule has 0 aliphatic heterocycles. The first kappa shape index (κ1) is 12.5. The van der Waals surface area contributed by atoms with Crippen molar-refractivity contribution in [2.45, 2.75) is 24.3 Å². The molecule has 0 aliphatic rings. The van der Waals surface area contributed by atoms with Gasteiger partial charge in [-0.3, -0.25) is 0 Å². The molecule has 15 heavy (non-hydrogen) atoms. The number of halogens is 1. The van der Waals surface area contributed by atoms with E-state index in [9.17, 15) is 13.5 Å². The second-order valence-electron chi connectivity index (χ2n) is 3.98. The Hall–Kier alpha value is -0.580. The average Bonchev–Trinajstić information content (AvgIpc) is 1.99. The summed E-state index contributed by atoms with van der Waals surface area (Å²) in [6.45, 7) is 3.22. The van der Waals surface area contributed by atoms with Gasteiger partial charge in [0.15, 0.2) is 9.84 Å². The number of rotatable bonds is 2. The first-order valence-electron chi connectivity index (χ1n) is 4.35. The van der Waals surface area contributed by atoms with E-state index in [1.807, 2.05) is 0 Å². The summed E-state index contributed by atoms with van der Waals surface area (Å²) in [5, 5.41) is 9.84. The van der Waals surface area contributed by atoms with E-state index >= 15 is 0 Å². The summed E-state index contributed by atoms with van der Waals surface area (Å²) in [6.07, 6.45) is 1.10. The van der Waals surface area contributed by atoms with Crippen molar-refractivity contribution in [3.05, 3.63) is 28.8 Å². The summed E-state index contributed by atoms with van der Waals surface area (Å²) in [7, 11) is -3.31. The Morgan fingerprint density at radius 1 is 1.33 bits per heavy atom. The van der Waals surface area contributed by atoms with Gasteiger partial charge in [-0.2, -0.15) is 0 Å². The van der Waals surface area contributed by atoms with Crippen molar-refractivity contribution in [1.82, 2.24) is 0 Å². The summed E-state index contributed by atoms with van der Waals surface area (Å²) in [5.74, 6) is 0. The molecule has 0 fully saturated rings. The highest BCUT2D eigenvalue weighted by atomic mass is 35.5. The molecule has 1 aromatic carbocycles. The molecular formula is C10H13ClO3S. The molecule has 0 unspecified atom stereocenters. The molecule has 84 valence electrons. The Morgan fingerprint density at radius 3 is 2.20 bits per heavy atom. The lowest BCUT2D eigenvalue weighted by molar-refractivity contribution is 0.0785. The van der Waals surface area contributed by atoms with Crippen molar-refractivity contribution in [3.63, 3.8) is 0 Å². The van der Waals surface area contributed by atoms with E-state index in [1.165, 1.54) is 12.1 Å². The summed E-state index contributed by atoms with van der Waals surface area (Å²) in [5.41, 5.74) is -0.445. The molecule has 1 aromatic rings. The second kappa shape index (κ2) is 3.77. The summed E-state index contributed by atoms with van der Waals surface area (Å²) < 4.78 is 22.5. The molecule has 5 heteroatoms. The Bertz CT molecular complexity index is 472. The Morgan fingerprint density at radius 2 is 1.87 bits per heavy atom. The smallest absolute Gasteiger partial charge is 0.176 e. The van der Waals surface area contributed by atoms with Crippen molar-refractivity contribution in [2.24, 2.45) is 0 Å². The number of sulfone groups is 1. The van der Waals surface area contributed by atoms with Crippen molar-refractivity contribution in [3.8, 4) is 0 Å². The van der Waals surface area contributed by atoms with E-state index in [2.05, 4.69) is 0 Å². The van der Waals surface area contributed by atoms with Crippen molar-refractivity contribution < 1.29 is 13.5 Å². The zero-order chi connectivity index (χ0) is 11.9. The van der Waals surface area contributed by atoms with E-state index in [0.29, 0.717) is 5.56 Å². The van der Waals surface area contributed by atoms with Gasteiger partial charge in [-0.05, 0) is 31.5 Å². The van der Waals surface area contributed by atoms with Crippen LogP contribution in [0.3, 0.4) is 0 Å². The van der Waals surface area contributed by atoms with Crippen molar-refractivity contribution in [2.75, 3.05) is 6.26 Å². The fraction of sp³-hybridized carbons (Fsp3) is 0.400. The summed E-state index contributed by atoms with van der Waals surface area (Å²) in [6, 6.07) is 4.44. The van der Waals surface area contributed by atoms with Gasteiger partial charge in [0, 0.05) is 6.26 Å². The Kier molecular flexibility index (Phi) is 3.14. The SMILES string of the molecule is CC(C)(O)c1ccc(S(C)(=O)=O)c(Cl)c1. The minimum Gasteiger partial charge on any atom is -0.386 e. The molecule has 0 aliphatic carbocycles. The third-order valence-electron chi connectivity index (χ3n) is 2.04. The maximum absolute atomic E-state index is 11.3. The fourth-order valence-corrected chi connectivity index (χ4v) is 2.51. The van der Waals surface area contributed by atoms with E-state index in [-0.39, 0.29) is 9.92 Å². The van der Waals surface area contributed by atoms with Crippen LogP contribution in [-0.4, -0.2) is 19.8 Å². The standard InChI is InChI=1S/C10H13ClO3S/c1-10(2,12)7-4-5-9(8(11)6-7)15(3,13)14/h4-6,12H,1-3H3. The lowest BCUT2D eigenvalue weighted by Gasteiger charge is -2.18. The van der Waals surface area contributed by atoms with E-state index in [1.54, 1.807) is 19.9 Å². The second-order valence-corrected chi connectivity index (χ2v) is 6.37. The van der Waals surface area contributed by atoms with Gasteiger partial charge in [0.05, 0.1) is 15.5 Å². The van der Waals surface area contributed by atoms with Crippen LogP contribution < -0.4 is 0 Å². The Labute approximate surface area is 94.6 Å². The monoisotopic (exact) mass is 248 g/mol. The van der Waals surface area contributed by atoms with Crippen LogP contribution in [0, 0.1) is 0 Å². The number of hydrogen-bond acceptors (Lipinski definition) is 3. The Balaban J connectivity index is 3.34. The molecular weight excluding hydrogens is 236 g/mol. The van der Waals surface area contributed by atoms with Crippen LogP contribution >= 0.6 is 11.6 Å². The number of aliphatic hydroxyl groups is 1. The molecule has 0 aromatic heterocycles. The van der Waals surface area contributed by atoms with Crippen LogP contribution in [-0.2, 0) is 15.4 Å². The van der Waals surface area contributed by atoms with Gasteiger partial charge in [-0.1, -0.05) is 17.7 Å². The van der Waals surface area contributed by atoms with Crippen LogP contribution in [0.15, 0.2) is 23.1 Å². The highest BCUT2D eigenvalue weighted by Crippen LogP contribution is 2.27. The van der Waals surface area contributed by atoms with Crippen LogP contribution in [0.1, 0.15) is 19.4 Å². The maximum Gasteiger partial charge on any atom is 0.176 e. The molecule has 0 saturated carbocycles. The lowest BCUT2D eigenvalue weighted by atomic mass is 9.99. The zero-order valence-electron chi connectivity index (χ0n) is 8.78. The van der Waals surface area contributed by atoms with E-state index in [0.717, 1.165) is 6.26 Å². The van der Waals surface area contributed by atoms with Crippen molar-refractivity contribution in [1.29, 1.82) is 0 Å². The van der Waals surface area contributed by atoms with E-state index < -0.39 is 15.4 Å². The van der Waals surface area contributed by atoms with Crippen LogP contribution in [0.4, 0.5) is 0 Å². The molecule has 0 spiro atoms. The van der Waals surface area contributed by atoms with Crippen LogP contribution in [0.25, 0.3) is 0 Å². The minimum absolute atomic E-state index is 0.0807. The molecule has 0 radical (unpaired) electrons. The highest BCUT2D eigenvalue weighted by molar-refractivity contribution is 7.90. The zero-order valence-corrected chi connectivity index (χ0v) is 10.4. The molecule has 0 amide bonds. The van der Waals surface area contributed by atoms with Gasteiger partial charge in [-0.25, -0.2) is 8.42 Å². The predicted octanol–water partition coefficient (Wildman–Crippen LogP) is 1.97. The topological polar surface area (TPSA) is 54.4 Å². The summed E-state index contributed by atoms with van der Waals surface area (Å²) >= 11 is 5.83. The average molecular weight is 249 g/mol. The highest BCUT2D eigenvalue weighted by Gasteiger charge is 2.19. The molecule has 0 heterocycles.